The third-order valence-electron chi connectivity index (χ3n) is 3.16. The molecule has 1 aliphatic rings. The van der Waals surface area contributed by atoms with Gasteiger partial charge in [-0.05, 0) is 18.2 Å². The van der Waals surface area contributed by atoms with E-state index in [-0.39, 0.29) is 5.82 Å². The predicted octanol–water partition coefficient (Wildman–Crippen LogP) is 4.16. The average molecular weight is 275 g/mol. The highest BCUT2D eigenvalue weighted by Gasteiger charge is 2.24. The number of benzene rings is 2. The summed E-state index contributed by atoms with van der Waals surface area (Å²) >= 11 is 6.09. The zero-order valence-electron chi connectivity index (χ0n) is 10.1. The lowest BCUT2D eigenvalue weighted by Crippen LogP contribution is -2.32. The maximum atomic E-state index is 13.9. The summed E-state index contributed by atoms with van der Waals surface area (Å²) in [6.45, 7) is 3.97. The molecule has 2 aromatic carbocycles. The van der Waals surface area contributed by atoms with Crippen LogP contribution in [0.25, 0.3) is 5.70 Å². The van der Waals surface area contributed by atoms with E-state index in [1.54, 1.807) is 12.1 Å². The molecule has 0 saturated heterocycles. The first kappa shape index (κ1) is 12.1. The molecule has 2 aromatic rings. The van der Waals surface area contributed by atoms with E-state index >= 15 is 0 Å². The van der Waals surface area contributed by atoms with Crippen LogP contribution in [0, 0.1) is 5.82 Å². The maximum Gasteiger partial charge on any atom is 0.131 e. The van der Waals surface area contributed by atoms with E-state index < -0.39 is 6.17 Å². The molecule has 0 aromatic heterocycles. The van der Waals surface area contributed by atoms with Crippen molar-refractivity contribution in [3.8, 4) is 0 Å². The van der Waals surface area contributed by atoms with E-state index in [0.29, 0.717) is 10.6 Å². The molecule has 2 N–H and O–H groups in total. The number of fused-ring (bicyclic) bond motifs is 1. The highest BCUT2D eigenvalue weighted by molar-refractivity contribution is 6.31. The van der Waals surface area contributed by atoms with Crippen molar-refractivity contribution in [2.45, 2.75) is 6.17 Å². The Hall–Kier alpha value is -2.00. The monoisotopic (exact) mass is 274 g/mol. The van der Waals surface area contributed by atoms with Crippen molar-refractivity contribution in [3.05, 3.63) is 71.0 Å². The van der Waals surface area contributed by atoms with Gasteiger partial charge in [-0.25, -0.2) is 4.39 Å². The van der Waals surface area contributed by atoms with Crippen LogP contribution in [0.3, 0.4) is 0 Å². The van der Waals surface area contributed by atoms with Crippen LogP contribution in [0.15, 0.2) is 49.0 Å². The molecule has 0 radical (unpaired) electrons. The first-order valence-corrected chi connectivity index (χ1v) is 6.30. The van der Waals surface area contributed by atoms with E-state index in [0.717, 1.165) is 16.9 Å². The van der Waals surface area contributed by atoms with E-state index in [1.807, 2.05) is 24.3 Å². The number of para-hydroxylation sites is 1. The van der Waals surface area contributed by atoms with Gasteiger partial charge in [-0.2, -0.15) is 0 Å². The third kappa shape index (κ3) is 2.06. The molecule has 1 heterocycles. The van der Waals surface area contributed by atoms with Crippen LogP contribution in [0.4, 0.5) is 10.1 Å². The summed E-state index contributed by atoms with van der Waals surface area (Å²) in [5.41, 5.74) is 3.04. The highest BCUT2D eigenvalue weighted by atomic mass is 35.5. The Morgan fingerprint density at radius 1 is 1.05 bits per heavy atom. The van der Waals surface area contributed by atoms with E-state index in [2.05, 4.69) is 17.2 Å². The average Bonchev–Trinajstić information content (AvgIpc) is 2.38. The Balaban J connectivity index is 2.04. The van der Waals surface area contributed by atoms with Crippen molar-refractivity contribution in [2.24, 2.45) is 0 Å². The summed E-state index contributed by atoms with van der Waals surface area (Å²) in [6, 6.07) is 12.4. The maximum absolute atomic E-state index is 13.9. The molecule has 0 spiro atoms. The van der Waals surface area contributed by atoms with Gasteiger partial charge in [-0.3, -0.25) is 0 Å². The van der Waals surface area contributed by atoms with Gasteiger partial charge >= 0.3 is 0 Å². The number of hydrogen-bond acceptors (Lipinski definition) is 2. The number of anilines is 1. The fourth-order valence-corrected chi connectivity index (χ4v) is 2.52. The second-order valence-electron chi connectivity index (χ2n) is 4.38. The Bertz CT molecular complexity index is 634. The molecular weight excluding hydrogens is 263 g/mol. The van der Waals surface area contributed by atoms with E-state index in [4.69, 9.17) is 11.6 Å². The Labute approximate surface area is 115 Å². The van der Waals surface area contributed by atoms with E-state index in [9.17, 15) is 4.39 Å². The van der Waals surface area contributed by atoms with Gasteiger partial charge in [0.15, 0.2) is 0 Å². The number of rotatable bonds is 1. The molecule has 0 amide bonds. The summed E-state index contributed by atoms with van der Waals surface area (Å²) in [4.78, 5) is 0. The summed E-state index contributed by atoms with van der Waals surface area (Å²) < 4.78 is 13.9. The van der Waals surface area contributed by atoms with Gasteiger partial charge in [0.05, 0.1) is 5.02 Å². The van der Waals surface area contributed by atoms with Crippen molar-refractivity contribution in [1.82, 2.24) is 5.32 Å². The van der Waals surface area contributed by atoms with Crippen molar-refractivity contribution >= 4 is 23.0 Å². The smallest absolute Gasteiger partial charge is 0.131 e. The molecule has 1 aliphatic heterocycles. The lowest BCUT2D eigenvalue weighted by Gasteiger charge is -2.31. The Morgan fingerprint density at radius 3 is 2.63 bits per heavy atom. The molecule has 19 heavy (non-hydrogen) atoms. The molecule has 0 fully saturated rings. The molecule has 0 aliphatic carbocycles. The Morgan fingerprint density at radius 2 is 1.84 bits per heavy atom. The second-order valence-corrected chi connectivity index (χ2v) is 4.79. The molecule has 1 unspecified atom stereocenters. The quantitative estimate of drug-likeness (QED) is 0.816. The minimum atomic E-state index is -0.420. The topological polar surface area (TPSA) is 24.1 Å². The predicted molar refractivity (Wildman–Crippen MR) is 76.4 cm³/mol. The van der Waals surface area contributed by atoms with Crippen molar-refractivity contribution in [2.75, 3.05) is 5.32 Å². The number of halogens is 2. The number of hydrogen-bond donors (Lipinski definition) is 2. The Kier molecular flexibility index (Phi) is 2.91. The van der Waals surface area contributed by atoms with Gasteiger partial charge in [0.1, 0.15) is 12.0 Å². The van der Waals surface area contributed by atoms with Crippen LogP contribution >= 0.6 is 11.6 Å². The van der Waals surface area contributed by atoms with Crippen molar-refractivity contribution in [3.63, 3.8) is 0 Å². The van der Waals surface area contributed by atoms with Gasteiger partial charge in [-0.15, -0.1) is 0 Å². The van der Waals surface area contributed by atoms with Crippen LogP contribution < -0.4 is 10.6 Å². The molecular formula is C15H12ClFN2. The van der Waals surface area contributed by atoms with Gasteiger partial charge < -0.3 is 10.6 Å². The van der Waals surface area contributed by atoms with Crippen molar-refractivity contribution in [1.29, 1.82) is 0 Å². The fraction of sp³-hybridized carbons (Fsp3) is 0.0667. The van der Waals surface area contributed by atoms with Crippen LogP contribution in [-0.4, -0.2) is 0 Å². The van der Waals surface area contributed by atoms with Crippen LogP contribution in [0.5, 0.6) is 0 Å². The van der Waals surface area contributed by atoms with Crippen LogP contribution in [0.2, 0.25) is 5.02 Å². The lowest BCUT2D eigenvalue weighted by molar-refractivity contribution is 0.578. The van der Waals surface area contributed by atoms with Gasteiger partial charge in [0, 0.05) is 22.5 Å². The van der Waals surface area contributed by atoms with Crippen LogP contribution in [0.1, 0.15) is 17.3 Å². The normalized spacial score (nSPS) is 17.4. The minimum absolute atomic E-state index is 0.343. The van der Waals surface area contributed by atoms with Gasteiger partial charge in [0.2, 0.25) is 0 Å². The number of nitrogens with one attached hydrogen (secondary N) is 2. The molecule has 2 nitrogen and oxygen atoms in total. The highest BCUT2D eigenvalue weighted by Crippen LogP contribution is 2.34. The summed E-state index contributed by atoms with van der Waals surface area (Å²) in [7, 11) is 0. The first-order valence-electron chi connectivity index (χ1n) is 5.92. The fourth-order valence-electron chi connectivity index (χ4n) is 2.25. The summed E-state index contributed by atoms with van der Waals surface area (Å²) in [5.74, 6) is -0.343. The van der Waals surface area contributed by atoms with Gasteiger partial charge in [-0.1, -0.05) is 42.4 Å². The zero-order chi connectivity index (χ0) is 13.4. The molecule has 0 saturated carbocycles. The molecule has 3 rings (SSSR count). The van der Waals surface area contributed by atoms with E-state index in [1.165, 1.54) is 6.07 Å². The van der Waals surface area contributed by atoms with Gasteiger partial charge in [0.25, 0.3) is 0 Å². The SMILES string of the molecule is C=C1NC(c2c(F)cccc2Cl)Nc2ccccc21. The second kappa shape index (κ2) is 4.59. The zero-order valence-corrected chi connectivity index (χ0v) is 10.8. The standard InChI is InChI=1S/C15H12ClFN2/c1-9-10-5-2-3-8-13(10)19-15(18-9)14-11(16)6-4-7-12(14)17/h2-8,15,18-19H,1H2. The minimum Gasteiger partial charge on any atom is -0.361 e. The molecule has 96 valence electrons. The third-order valence-corrected chi connectivity index (χ3v) is 3.49. The van der Waals surface area contributed by atoms with Crippen LogP contribution in [-0.2, 0) is 0 Å². The summed E-state index contributed by atoms with van der Waals surface area (Å²) in [6.07, 6.45) is -0.420. The largest absolute Gasteiger partial charge is 0.361 e. The summed E-state index contributed by atoms with van der Waals surface area (Å²) in [5, 5.41) is 6.76. The molecule has 4 heteroatoms. The lowest BCUT2D eigenvalue weighted by atomic mass is 10.0. The molecule has 1 atom stereocenters. The first-order chi connectivity index (χ1) is 9.16. The molecule has 0 bridgehead atoms. The van der Waals surface area contributed by atoms with Crippen molar-refractivity contribution < 1.29 is 4.39 Å².